The molecule has 0 amide bonds. The lowest BCUT2D eigenvalue weighted by molar-refractivity contribution is 0.290. The van der Waals surface area contributed by atoms with Crippen molar-refractivity contribution in [1.82, 2.24) is 9.55 Å². The molecule has 1 heterocycles. The normalized spacial score (nSPS) is 11.0. The van der Waals surface area contributed by atoms with E-state index in [1.54, 1.807) is 0 Å². The Kier molecular flexibility index (Phi) is 5.20. The van der Waals surface area contributed by atoms with E-state index in [0.29, 0.717) is 6.61 Å². The molecular formula is C24H24N2O. The van der Waals surface area contributed by atoms with Crippen molar-refractivity contribution in [3.8, 4) is 5.75 Å². The van der Waals surface area contributed by atoms with E-state index in [1.807, 2.05) is 18.2 Å². The summed E-state index contributed by atoms with van der Waals surface area (Å²) < 4.78 is 8.31. The molecule has 1 aromatic heterocycles. The fourth-order valence-electron chi connectivity index (χ4n) is 3.34. The van der Waals surface area contributed by atoms with Gasteiger partial charge in [0.1, 0.15) is 18.2 Å². The van der Waals surface area contributed by atoms with Crippen LogP contribution in [0.25, 0.3) is 11.0 Å². The third-order valence-electron chi connectivity index (χ3n) is 4.90. The summed E-state index contributed by atoms with van der Waals surface area (Å²) in [7, 11) is 0. The zero-order chi connectivity index (χ0) is 18.5. The van der Waals surface area contributed by atoms with Gasteiger partial charge in [0.15, 0.2) is 0 Å². The second-order valence-corrected chi connectivity index (χ2v) is 6.69. The van der Waals surface area contributed by atoms with Gasteiger partial charge in [-0.05, 0) is 48.2 Å². The van der Waals surface area contributed by atoms with Gasteiger partial charge >= 0.3 is 0 Å². The number of aromatic nitrogens is 2. The van der Waals surface area contributed by atoms with Crippen LogP contribution in [-0.4, -0.2) is 9.55 Å². The Morgan fingerprint density at radius 2 is 1.56 bits per heavy atom. The van der Waals surface area contributed by atoms with Gasteiger partial charge in [0.2, 0.25) is 0 Å². The summed E-state index contributed by atoms with van der Waals surface area (Å²) >= 11 is 0. The number of hydrogen-bond donors (Lipinski definition) is 0. The number of aryl methyl sites for hydroxylation is 3. The van der Waals surface area contributed by atoms with Crippen molar-refractivity contribution in [3.05, 3.63) is 95.8 Å². The first-order chi connectivity index (χ1) is 13.3. The van der Waals surface area contributed by atoms with Crippen molar-refractivity contribution in [2.24, 2.45) is 0 Å². The zero-order valence-corrected chi connectivity index (χ0v) is 15.6. The summed E-state index contributed by atoms with van der Waals surface area (Å²) in [6, 6.07) is 27.2. The molecule has 0 aliphatic carbocycles. The molecule has 0 saturated carbocycles. The lowest BCUT2D eigenvalue weighted by Crippen LogP contribution is -2.09. The summed E-state index contributed by atoms with van der Waals surface area (Å²) in [4.78, 5) is 4.81. The predicted octanol–water partition coefficient (Wildman–Crippen LogP) is 5.42. The second kappa shape index (κ2) is 8.09. The molecule has 0 bridgehead atoms. The summed E-state index contributed by atoms with van der Waals surface area (Å²) in [5.74, 6) is 1.85. The molecule has 4 aromatic rings. The molecular weight excluding hydrogens is 332 g/mol. The SMILES string of the molecule is CCc1ccc(OCc2nc3ccccc3n2CCc2ccccc2)cc1. The molecule has 0 aliphatic rings. The van der Waals surface area contributed by atoms with Gasteiger partial charge in [-0.2, -0.15) is 0 Å². The summed E-state index contributed by atoms with van der Waals surface area (Å²) in [6.07, 6.45) is 2.01. The van der Waals surface area contributed by atoms with Crippen LogP contribution in [0.15, 0.2) is 78.9 Å². The number of rotatable bonds is 7. The Morgan fingerprint density at radius 3 is 2.33 bits per heavy atom. The van der Waals surface area contributed by atoms with Crippen molar-refractivity contribution in [2.75, 3.05) is 0 Å². The number of imidazole rings is 1. The van der Waals surface area contributed by atoms with E-state index in [0.717, 1.165) is 42.0 Å². The quantitative estimate of drug-likeness (QED) is 0.442. The molecule has 3 nitrogen and oxygen atoms in total. The molecule has 0 saturated heterocycles. The minimum absolute atomic E-state index is 0.467. The van der Waals surface area contributed by atoms with Gasteiger partial charge in [-0.3, -0.25) is 0 Å². The van der Waals surface area contributed by atoms with Crippen LogP contribution in [0.2, 0.25) is 0 Å². The van der Waals surface area contributed by atoms with E-state index in [-0.39, 0.29) is 0 Å². The van der Waals surface area contributed by atoms with E-state index in [2.05, 4.69) is 72.2 Å². The van der Waals surface area contributed by atoms with Crippen LogP contribution in [0, 0.1) is 0 Å². The highest BCUT2D eigenvalue weighted by Crippen LogP contribution is 2.20. The molecule has 0 unspecified atom stereocenters. The predicted molar refractivity (Wildman–Crippen MR) is 110 cm³/mol. The van der Waals surface area contributed by atoms with Gasteiger partial charge in [-0.25, -0.2) is 4.98 Å². The third kappa shape index (κ3) is 4.03. The van der Waals surface area contributed by atoms with E-state index in [1.165, 1.54) is 11.1 Å². The van der Waals surface area contributed by atoms with Crippen LogP contribution in [0.4, 0.5) is 0 Å². The molecule has 0 aliphatic heterocycles. The first-order valence-electron chi connectivity index (χ1n) is 9.53. The largest absolute Gasteiger partial charge is 0.486 e. The monoisotopic (exact) mass is 356 g/mol. The minimum Gasteiger partial charge on any atom is -0.486 e. The van der Waals surface area contributed by atoms with Gasteiger partial charge in [0, 0.05) is 6.54 Å². The van der Waals surface area contributed by atoms with Crippen LogP contribution in [0.5, 0.6) is 5.75 Å². The number of nitrogens with zero attached hydrogens (tertiary/aromatic N) is 2. The summed E-state index contributed by atoms with van der Waals surface area (Å²) in [5, 5.41) is 0. The maximum Gasteiger partial charge on any atom is 0.148 e. The van der Waals surface area contributed by atoms with Gasteiger partial charge < -0.3 is 9.30 Å². The van der Waals surface area contributed by atoms with Crippen molar-refractivity contribution in [2.45, 2.75) is 32.9 Å². The molecule has 3 heteroatoms. The van der Waals surface area contributed by atoms with Crippen LogP contribution < -0.4 is 4.74 Å². The van der Waals surface area contributed by atoms with Gasteiger partial charge in [0.05, 0.1) is 11.0 Å². The van der Waals surface area contributed by atoms with E-state index in [9.17, 15) is 0 Å². The smallest absolute Gasteiger partial charge is 0.148 e. The lowest BCUT2D eigenvalue weighted by atomic mass is 10.1. The molecule has 0 N–H and O–H groups in total. The number of ether oxygens (including phenoxy) is 1. The Bertz CT molecular complexity index is 1000. The highest BCUT2D eigenvalue weighted by molar-refractivity contribution is 5.75. The fourth-order valence-corrected chi connectivity index (χ4v) is 3.34. The Hall–Kier alpha value is -3.07. The maximum atomic E-state index is 6.03. The molecule has 0 radical (unpaired) electrons. The molecule has 0 fully saturated rings. The zero-order valence-electron chi connectivity index (χ0n) is 15.6. The molecule has 27 heavy (non-hydrogen) atoms. The van der Waals surface area contributed by atoms with E-state index < -0.39 is 0 Å². The number of fused-ring (bicyclic) bond motifs is 1. The standard InChI is InChI=1S/C24H24N2O/c1-2-19-12-14-21(15-13-19)27-18-24-25-22-10-6-7-11-23(22)26(24)17-16-20-8-4-3-5-9-20/h3-15H,2,16-18H2,1H3. The molecule has 0 atom stereocenters. The average molecular weight is 356 g/mol. The highest BCUT2D eigenvalue weighted by Gasteiger charge is 2.11. The van der Waals surface area contributed by atoms with Crippen LogP contribution in [-0.2, 0) is 26.0 Å². The molecule has 3 aromatic carbocycles. The van der Waals surface area contributed by atoms with Crippen molar-refractivity contribution in [3.63, 3.8) is 0 Å². The van der Waals surface area contributed by atoms with Crippen molar-refractivity contribution in [1.29, 1.82) is 0 Å². The first kappa shape index (κ1) is 17.3. The van der Waals surface area contributed by atoms with Gasteiger partial charge in [-0.1, -0.05) is 61.5 Å². The van der Waals surface area contributed by atoms with E-state index in [4.69, 9.17) is 9.72 Å². The third-order valence-corrected chi connectivity index (χ3v) is 4.90. The van der Waals surface area contributed by atoms with Crippen LogP contribution in [0.1, 0.15) is 23.9 Å². The fraction of sp³-hybridized carbons (Fsp3) is 0.208. The number of hydrogen-bond acceptors (Lipinski definition) is 2. The second-order valence-electron chi connectivity index (χ2n) is 6.69. The van der Waals surface area contributed by atoms with Crippen LogP contribution in [0.3, 0.4) is 0 Å². The number of para-hydroxylation sites is 2. The molecule has 0 spiro atoms. The number of benzene rings is 3. The summed E-state index contributed by atoms with van der Waals surface area (Å²) in [5.41, 5.74) is 4.83. The maximum absolute atomic E-state index is 6.03. The lowest BCUT2D eigenvalue weighted by Gasteiger charge is -2.11. The van der Waals surface area contributed by atoms with Crippen molar-refractivity contribution < 1.29 is 4.74 Å². The van der Waals surface area contributed by atoms with Crippen molar-refractivity contribution >= 4 is 11.0 Å². The molecule has 136 valence electrons. The molecule has 4 rings (SSSR count). The highest BCUT2D eigenvalue weighted by atomic mass is 16.5. The Labute approximate surface area is 160 Å². The Morgan fingerprint density at radius 1 is 0.815 bits per heavy atom. The Balaban J connectivity index is 1.55. The minimum atomic E-state index is 0.467. The van der Waals surface area contributed by atoms with Gasteiger partial charge in [-0.15, -0.1) is 0 Å². The van der Waals surface area contributed by atoms with E-state index >= 15 is 0 Å². The average Bonchev–Trinajstić information content (AvgIpc) is 3.09. The summed E-state index contributed by atoms with van der Waals surface area (Å²) in [6.45, 7) is 3.51. The topological polar surface area (TPSA) is 27.1 Å². The first-order valence-corrected chi connectivity index (χ1v) is 9.53. The van der Waals surface area contributed by atoms with Crippen LogP contribution >= 0.6 is 0 Å². The van der Waals surface area contributed by atoms with Gasteiger partial charge in [0.25, 0.3) is 0 Å².